The van der Waals surface area contributed by atoms with E-state index in [2.05, 4.69) is 11.4 Å². The van der Waals surface area contributed by atoms with Gasteiger partial charge >= 0.3 is 0 Å². The van der Waals surface area contributed by atoms with Crippen LogP contribution in [0.1, 0.15) is 31.1 Å². The fourth-order valence-corrected chi connectivity index (χ4v) is 1.11. The van der Waals surface area contributed by atoms with Gasteiger partial charge in [-0.15, -0.1) is 0 Å². The molecule has 0 aliphatic rings. The van der Waals surface area contributed by atoms with Gasteiger partial charge in [0, 0.05) is 23.2 Å². The number of benzene rings is 1. The Morgan fingerprint density at radius 2 is 2.06 bits per heavy atom. The number of non-ortho nitro benzene ring substituents is 1. The van der Waals surface area contributed by atoms with Crippen LogP contribution in [0.25, 0.3) is 0 Å². The van der Waals surface area contributed by atoms with E-state index in [9.17, 15) is 14.9 Å². The number of nitrogens with one attached hydrogen (secondary N) is 1. The van der Waals surface area contributed by atoms with Crippen LogP contribution >= 0.6 is 0 Å². The van der Waals surface area contributed by atoms with Crippen LogP contribution in [-0.2, 0) is 0 Å². The van der Waals surface area contributed by atoms with Crippen molar-refractivity contribution >= 4 is 11.6 Å². The molecule has 0 saturated carbocycles. The van der Waals surface area contributed by atoms with Crippen molar-refractivity contribution in [1.82, 2.24) is 5.32 Å². The van der Waals surface area contributed by atoms with Crippen molar-refractivity contribution in [1.29, 1.82) is 0 Å². The molecule has 0 spiro atoms. The van der Waals surface area contributed by atoms with Crippen LogP contribution in [0.4, 0.5) is 5.69 Å². The summed E-state index contributed by atoms with van der Waals surface area (Å²) in [6.07, 6.45) is 0. The van der Waals surface area contributed by atoms with Gasteiger partial charge in [-0.1, -0.05) is 0 Å². The summed E-state index contributed by atoms with van der Waals surface area (Å²) >= 11 is 0. The van der Waals surface area contributed by atoms with Crippen molar-refractivity contribution < 1.29 is 9.72 Å². The Hall–Kier alpha value is -1.91. The molecule has 0 saturated heterocycles. The fourth-order valence-electron chi connectivity index (χ4n) is 1.11. The van der Waals surface area contributed by atoms with E-state index in [1.807, 2.05) is 20.8 Å². The lowest BCUT2D eigenvalue weighted by Gasteiger charge is -2.20. The normalized spacial score (nSPS) is 10.9. The first-order chi connectivity index (χ1) is 7.29. The van der Waals surface area contributed by atoms with E-state index in [0.29, 0.717) is 0 Å². The summed E-state index contributed by atoms with van der Waals surface area (Å²) in [5, 5.41) is 13.2. The second-order valence-corrected chi connectivity index (χ2v) is 4.44. The number of hydrogen-bond donors (Lipinski definition) is 1. The molecule has 1 N–H and O–H groups in total. The molecular weight excluding hydrogens is 208 g/mol. The Kier molecular flexibility index (Phi) is 3.27. The largest absolute Gasteiger partial charge is 0.347 e. The van der Waals surface area contributed by atoms with Crippen LogP contribution in [0.3, 0.4) is 0 Å². The molecule has 1 rings (SSSR count). The topological polar surface area (TPSA) is 72.2 Å². The molecule has 5 nitrogen and oxygen atoms in total. The van der Waals surface area contributed by atoms with Gasteiger partial charge in [-0.3, -0.25) is 14.9 Å². The Morgan fingerprint density at radius 3 is 2.56 bits per heavy atom. The van der Waals surface area contributed by atoms with Gasteiger partial charge in [0.05, 0.1) is 4.92 Å². The smallest absolute Gasteiger partial charge is 0.270 e. The summed E-state index contributed by atoms with van der Waals surface area (Å²) in [6, 6.07) is 6.46. The minimum absolute atomic E-state index is 0.137. The molecule has 0 heterocycles. The number of amides is 1. The van der Waals surface area contributed by atoms with E-state index < -0.39 is 4.92 Å². The molecule has 85 valence electrons. The third kappa shape index (κ3) is 3.34. The minimum Gasteiger partial charge on any atom is -0.347 e. The number of hydrogen-bond acceptors (Lipinski definition) is 3. The monoisotopic (exact) mass is 221 g/mol. The third-order valence-corrected chi connectivity index (χ3v) is 1.73. The van der Waals surface area contributed by atoms with Crippen molar-refractivity contribution in [2.45, 2.75) is 26.3 Å². The summed E-state index contributed by atoms with van der Waals surface area (Å²) in [6.45, 7) is 5.52. The number of carbonyl (C=O) groups is 1. The molecule has 1 aromatic rings. The molecular formula is C11H13N2O3. The Balaban J connectivity index is 2.92. The fraction of sp³-hybridized carbons (Fsp3) is 0.364. The van der Waals surface area contributed by atoms with Crippen molar-refractivity contribution in [3.8, 4) is 0 Å². The molecule has 0 aliphatic heterocycles. The second kappa shape index (κ2) is 4.30. The van der Waals surface area contributed by atoms with E-state index in [0.717, 1.165) is 0 Å². The molecule has 1 amide bonds. The highest BCUT2D eigenvalue weighted by Gasteiger charge is 2.17. The molecule has 0 unspecified atom stereocenters. The van der Waals surface area contributed by atoms with Gasteiger partial charge in [0.1, 0.15) is 0 Å². The highest BCUT2D eigenvalue weighted by atomic mass is 16.6. The third-order valence-electron chi connectivity index (χ3n) is 1.73. The van der Waals surface area contributed by atoms with E-state index in [1.54, 1.807) is 0 Å². The molecule has 0 bridgehead atoms. The lowest BCUT2D eigenvalue weighted by atomic mass is 10.1. The summed E-state index contributed by atoms with van der Waals surface area (Å²) in [4.78, 5) is 21.6. The quantitative estimate of drug-likeness (QED) is 0.612. The number of nitro benzene ring substituents is 1. The maximum atomic E-state index is 11.7. The SMILES string of the molecule is CC(C)(C)NC(=O)c1c[c]cc([N+](=O)[O-])c1. The van der Waals surface area contributed by atoms with Crippen LogP contribution in [0.5, 0.6) is 0 Å². The molecule has 0 aliphatic carbocycles. The van der Waals surface area contributed by atoms with Gasteiger partial charge in [-0.05, 0) is 32.9 Å². The predicted molar refractivity (Wildman–Crippen MR) is 59.2 cm³/mol. The molecule has 0 aromatic heterocycles. The highest BCUT2D eigenvalue weighted by Crippen LogP contribution is 2.13. The average Bonchev–Trinajstić information content (AvgIpc) is 2.15. The van der Waals surface area contributed by atoms with E-state index in [-0.39, 0.29) is 22.7 Å². The first-order valence-corrected chi connectivity index (χ1v) is 4.77. The van der Waals surface area contributed by atoms with Crippen molar-refractivity contribution in [3.05, 3.63) is 39.9 Å². The number of carbonyl (C=O) groups excluding carboxylic acids is 1. The molecule has 0 atom stereocenters. The first-order valence-electron chi connectivity index (χ1n) is 4.77. The van der Waals surface area contributed by atoms with Crippen LogP contribution in [0.15, 0.2) is 18.2 Å². The van der Waals surface area contributed by atoms with Gasteiger partial charge in [0.2, 0.25) is 0 Å². The maximum Gasteiger partial charge on any atom is 0.270 e. The van der Waals surface area contributed by atoms with Gasteiger partial charge in [-0.25, -0.2) is 0 Å². The first kappa shape index (κ1) is 12.2. The van der Waals surface area contributed by atoms with Gasteiger partial charge in [-0.2, -0.15) is 0 Å². The zero-order valence-corrected chi connectivity index (χ0v) is 9.40. The van der Waals surface area contributed by atoms with Crippen LogP contribution < -0.4 is 5.32 Å². The second-order valence-electron chi connectivity index (χ2n) is 4.44. The molecule has 5 heteroatoms. The summed E-state index contributed by atoms with van der Waals surface area (Å²) in [5.74, 6) is -0.340. The lowest BCUT2D eigenvalue weighted by molar-refractivity contribution is -0.384. The van der Waals surface area contributed by atoms with Crippen LogP contribution in [-0.4, -0.2) is 16.4 Å². The minimum atomic E-state index is -0.551. The molecule has 1 radical (unpaired) electrons. The Labute approximate surface area is 93.6 Å². The maximum absolute atomic E-state index is 11.7. The molecule has 1 aromatic carbocycles. The number of rotatable bonds is 2. The highest BCUT2D eigenvalue weighted by molar-refractivity contribution is 5.95. The predicted octanol–water partition coefficient (Wildman–Crippen LogP) is 1.92. The molecule has 0 fully saturated rings. The Bertz CT molecular complexity index is 421. The van der Waals surface area contributed by atoms with Gasteiger partial charge in [0.25, 0.3) is 11.6 Å². The summed E-state index contributed by atoms with van der Waals surface area (Å²) in [5.41, 5.74) is -0.271. The average molecular weight is 221 g/mol. The van der Waals surface area contributed by atoms with Gasteiger partial charge < -0.3 is 5.32 Å². The van der Waals surface area contributed by atoms with E-state index in [1.165, 1.54) is 18.2 Å². The van der Waals surface area contributed by atoms with Crippen molar-refractivity contribution in [2.75, 3.05) is 0 Å². The number of nitrogens with zero attached hydrogens (tertiary/aromatic N) is 1. The van der Waals surface area contributed by atoms with E-state index >= 15 is 0 Å². The van der Waals surface area contributed by atoms with Crippen LogP contribution in [0.2, 0.25) is 0 Å². The zero-order chi connectivity index (χ0) is 12.3. The summed E-state index contributed by atoms with van der Waals surface area (Å²) in [7, 11) is 0. The molecule has 16 heavy (non-hydrogen) atoms. The van der Waals surface area contributed by atoms with Crippen molar-refractivity contribution in [2.24, 2.45) is 0 Å². The standard InChI is InChI=1S/C11H13N2O3/c1-11(2,3)12-10(14)8-5-4-6-9(7-8)13(15)16/h5-7H,1-3H3,(H,12,14). The number of nitro groups is 1. The lowest BCUT2D eigenvalue weighted by Crippen LogP contribution is -2.40. The zero-order valence-electron chi connectivity index (χ0n) is 9.40. The van der Waals surface area contributed by atoms with Gasteiger partial charge in [0.15, 0.2) is 0 Å². The summed E-state index contributed by atoms with van der Waals surface area (Å²) < 4.78 is 0. The van der Waals surface area contributed by atoms with E-state index in [4.69, 9.17) is 0 Å². The van der Waals surface area contributed by atoms with Crippen LogP contribution in [0, 0.1) is 16.2 Å². The van der Waals surface area contributed by atoms with Crippen molar-refractivity contribution in [3.63, 3.8) is 0 Å². The Morgan fingerprint density at radius 1 is 1.44 bits per heavy atom.